The Kier molecular flexibility index (Phi) is 6.89. The Balaban J connectivity index is 1.65. The quantitative estimate of drug-likeness (QED) is 0.316. The topological polar surface area (TPSA) is 46.1 Å². The maximum Gasteiger partial charge on any atom is 0.223 e. The fourth-order valence-electron chi connectivity index (χ4n) is 3.89. The Bertz CT molecular complexity index is 1050. The van der Waals surface area contributed by atoms with Crippen molar-refractivity contribution in [1.29, 1.82) is 0 Å². The summed E-state index contributed by atoms with van der Waals surface area (Å²) >= 11 is 2.22. The zero-order valence-electron chi connectivity index (χ0n) is 16.9. The number of benzene rings is 2. The van der Waals surface area contributed by atoms with Crippen LogP contribution in [0.15, 0.2) is 54.7 Å². The molecule has 4 nitrogen and oxygen atoms in total. The Morgan fingerprint density at radius 3 is 2.03 bits per heavy atom. The van der Waals surface area contributed by atoms with Crippen LogP contribution in [0, 0.1) is 11.6 Å². The number of alkyl halides is 1. The number of likely N-dealkylation sites (tertiary alicyclic amines) is 1. The molecule has 2 aromatic carbocycles. The minimum atomic E-state index is -0.320. The van der Waals surface area contributed by atoms with Gasteiger partial charge in [-0.1, -0.05) is 22.6 Å². The molecule has 1 fully saturated rings. The van der Waals surface area contributed by atoms with Gasteiger partial charge >= 0.3 is 0 Å². The Morgan fingerprint density at radius 1 is 0.935 bits per heavy atom. The van der Waals surface area contributed by atoms with Gasteiger partial charge in [-0.3, -0.25) is 9.78 Å². The highest BCUT2D eigenvalue weighted by atomic mass is 127. The van der Waals surface area contributed by atoms with Crippen LogP contribution in [-0.2, 0) is 4.79 Å². The molecule has 31 heavy (non-hydrogen) atoms. The van der Waals surface area contributed by atoms with E-state index < -0.39 is 0 Å². The number of carbonyl (C=O) groups is 1. The lowest BCUT2D eigenvalue weighted by atomic mass is 9.93. The highest BCUT2D eigenvalue weighted by Crippen LogP contribution is 2.33. The first-order chi connectivity index (χ1) is 15.0. The van der Waals surface area contributed by atoms with E-state index in [4.69, 9.17) is 4.98 Å². The number of amides is 1. The molecule has 0 radical (unpaired) electrons. The van der Waals surface area contributed by atoms with Crippen LogP contribution in [0.3, 0.4) is 0 Å². The van der Waals surface area contributed by atoms with E-state index in [9.17, 15) is 13.6 Å². The number of hydrogen-bond acceptors (Lipinski definition) is 3. The van der Waals surface area contributed by atoms with Crippen molar-refractivity contribution in [3.63, 3.8) is 0 Å². The number of nitrogens with zero attached hydrogens (tertiary/aromatic N) is 3. The maximum atomic E-state index is 13.5. The first-order valence-corrected chi connectivity index (χ1v) is 11.8. The van der Waals surface area contributed by atoms with E-state index in [0.29, 0.717) is 30.9 Å². The number of rotatable bonds is 5. The van der Waals surface area contributed by atoms with Crippen LogP contribution in [-0.4, -0.2) is 38.3 Å². The minimum Gasteiger partial charge on any atom is -0.343 e. The van der Waals surface area contributed by atoms with E-state index in [-0.39, 0.29) is 23.5 Å². The van der Waals surface area contributed by atoms with Gasteiger partial charge in [0.15, 0.2) is 0 Å². The first-order valence-electron chi connectivity index (χ1n) is 10.3. The molecule has 2 heterocycles. The molecular formula is C24H22F2IN3O. The molecule has 0 aliphatic carbocycles. The Labute approximate surface area is 193 Å². The van der Waals surface area contributed by atoms with E-state index in [0.717, 1.165) is 34.1 Å². The molecule has 0 unspecified atom stereocenters. The molecule has 1 saturated heterocycles. The summed E-state index contributed by atoms with van der Waals surface area (Å²) in [6.45, 7) is 1.43. The predicted molar refractivity (Wildman–Crippen MR) is 125 cm³/mol. The van der Waals surface area contributed by atoms with Crippen molar-refractivity contribution in [3.8, 4) is 22.5 Å². The van der Waals surface area contributed by atoms with Gasteiger partial charge in [0.05, 0.1) is 17.1 Å². The van der Waals surface area contributed by atoms with E-state index in [1.54, 1.807) is 30.5 Å². The lowest BCUT2D eigenvalue weighted by Gasteiger charge is -2.31. The summed E-state index contributed by atoms with van der Waals surface area (Å²) in [5.74, 6) is -0.226. The molecule has 7 heteroatoms. The monoisotopic (exact) mass is 533 g/mol. The van der Waals surface area contributed by atoms with Crippen LogP contribution in [0.1, 0.15) is 30.9 Å². The highest BCUT2D eigenvalue weighted by molar-refractivity contribution is 14.1. The fraction of sp³-hybridized carbons (Fsp3) is 0.292. The Hall–Kier alpha value is -2.42. The van der Waals surface area contributed by atoms with Crippen molar-refractivity contribution in [3.05, 3.63) is 72.1 Å². The molecule has 1 amide bonds. The fourth-order valence-corrected chi connectivity index (χ4v) is 4.35. The molecule has 1 aromatic heterocycles. The zero-order valence-corrected chi connectivity index (χ0v) is 19.1. The summed E-state index contributed by atoms with van der Waals surface area (Å²) in [4.78, 5) is 23.7. The van der Waals surface area contributed by atoms with Crippen molar-refractivity contribution in [1.82, 2.24) is 14.9 Å². The summed E-state index contributed by atoms with van der Waals surface area (Å²) < 4.78 is 27.7. The summed E-state index contributed by atoms with van der Waals surface area (Å²) in [6, 6.07) is 12.3. The van der Waals surface area contributed by atoms with E-state index >= 15 is 0 Å². The zero-order chi connectivity index (χ0) is 21.8. The van der Waals surface area contributed by atoms with Crippen LogP contribution in [0.5, 0.6) is 0 Å². The Morgan fingerprint density at radius 2 is 1.48 bits per heavy atom. The maximum absolute atomic E-state index is 13.5. The summed E-state index contributed by atoms with van der Waals surface area (Å²) in [7, 11) is 0. The van der Waals surface area contributed by atoms with Crippen LogP contribution in [0.4, 0.5) is 8.78 Å². The standard InChI is InChI=1S/C24H22F2IN3O/c25-19-5-1-17(2-6-19)23-24(18-3-7-20(26)8-4-18)29-21(15-28-23)16-10-13-30(14-11-16)22(31)9-12-27/h1-8,15-16H,9-14H2. The average Bonchev–Trinajstić information content (AvgIpc) is 2.80. The molecule has 3 aromatic rings. The number of aromatic nitrogens is 2. The van der Waals surface area contributed by atoms with Gasteiger partial charge in [-0.2, -0.15) is 0 Å². The van der Waals surface area contributed by atoms with Crippen LogP contribution >= 0.6 is 22.6 Å². The van der Waals surface area contributed by atoms with E-state index in [1.807, 2.05) is 4.90 Å². The van der Waals surface area contributed by atoms with Gasteiger partial charge in [-0.05, 0) is 61.4 Å². The molecule has 4 rings (SSSR count). The van der Waals surface area contributed by atoms with Crippen molar-refractivity contribution < 1.29 is 13.6 Å². The molecule has 1 aliphatic heterocycles. The second-order valence-corrected chi connectivity index (χ2v) is 8.68. The molecule has 0 bridgehead atoms. The largest absolute Gasteiger partial charge is 0.343 e. The third-order valence-corrected chi connectivity index (χ3v) is 6.14. The third-order valence-electron chi connectivity index (χ3n) is 5.60. The lowest BCUT2D eigenvalue weighted by molar-refractivity contribution is -0.131. The molecule has 0 spiro atoms. The van der Waals surface area contributed by atoms with Crippen molar-refractivity contribution in [2.24, 2.45) is 0 Å². The highest BCUT2D eigenvalue weighted by Gasteiger charge is 2.25. The summed E-state index contributed by atoms with van der Waals surface area (Å²) in [5, 5.41) is 0. The number of hydrogen-bond donors (Lipinski definition) is 0. The molecule has 160 valence electrons. The number of halogens is 3. The van der Waals surface area contributed by atoms with Crippen LogP contribution in [0.2, 0.25) is 0 Å². The molecule has 0 saturated carbocycles. The summed E-state index contributed by atoms with van der Waals surface area (Å²) in [6.07, 6.45) is 4.02. The van der Waals surface area contributed by atoms with Gasteiger partial charge in [-0.15, -0.1) is 0 Å². The second kappa shape index (κ2) is 9.80. The minimum absolute atomic E-state index is 0.206. The summed E-state index contributed by atoms with van der Waals surface area (Å²) in [5.41, 5.74) is 3.65. The van der Waals surface area contributed by atoms with Gasteiger partial charge in [0.25, 0.3) is 0 Å². The van der Waals surface area contributed by atoms with E-state index in [2.05, 4.69) is 27.6 Å². The third kappa shape index (κ3) is 5.08. The SMILES string of the molecule is O=C(CCI)N1CCC(c2cnc(-c3ccc(F)cc3)c(-c3ccc(F)cc3)n2)CC1. The van der Waals surface area contributed by atoms with Gasteiger partial charge in [0, 0.05) is 47.2 Å². The van der Waals surface area contributed by atoms with Gasteiger partial charge in [0.2, 0.25) is 5.91 Å². The molecular weight excluding hydrogens is 511 g/mol. The van der Waals surface area contributed by atoms with Gasteiger partial charge in [0.1, 0.15) is 11.6 Å². The van der Waals surface area contributed by atoms with Crippen molar-refractivity contribution in [2.45, 2.75) is 25.2 Å². The van der Waals surface area contributed by atoms with E-state index in [1.165, 1.54) is 24.3 Å². The van der Waals surface area contributed by atoms with Crippen molar-refractivity contribution >= 4 is 28.5 Å². The van der Waals surface area contributed by atoms with Gasteiger partial charge < -0.3 is 4.90 Å². The lowest BCUT2D eigenvalue weighted by Crippen LogP contribution is -2.38. The molecule has 0 N–H and O–H groups in total. The number of carbonyl (C=O) groups excluding carboxylic acids is 1. The normalized spacial score (nSPS) is 14.6. The average molecular weight is 533 g/mol. The molecule has 0 atom stereocenters. The van der Waals surface area contributed by atoms with Crippen LogP contribution in [0.25, 0.3) is 22.5 Å². The number of piperidine rings is 1. The second-order valence-electron chi connectivity index (χ2n) is 7.60. The van der Waals surface area contributed by atoms with Crippen LogP contribution < -0.4 is 0 Å². The molecule has 1 aliphatic rings. The predicted octanol–water partition coefficient (Wildman–Crippen LogP) is 5.62. The van der Waals surface area contributed by atoms with Gasteiger partial charge in [-0.25, -0.2) is 13.8 Å². The van der Waals surface area contributed by atoms with Crippen molar-refractivity contribution in [2.75, 3.05) is 17.5 Å². The smallest absolute Gasteiger partial charge is 0.223 e. The first kappa shape index (κ1) is 21.8.